The monoisotopic (exact) mass is 205 g/mol. The highest BCUT2D eigenvalue weighted by Crippen LogP contribution is 2.06. The van der Waals surface area contributed by atoms with Gasteiger partial charge in [0.2, 0.25) is 0 Å². The van der Waals surface area contributed by atoms with Crippen LogP contribution in [0.3, 0.4) is 0 Å². The quantitative estimate of drug-likeness (QED) is 0.772. The molecule has 2 rings (SSSR count). The number of hydrogen-bond acceptors (Lipinski definition) is 5. The Morgan fingerprint density at radius 1 is 1.40 bits per heavy atom. The van der Waals surface area contributed by atoms with E-state index in [1.54, 1.807) is 36.3 Å². The fourth-order valence-corrected chi connectivity index (χ4v) is 1.14. The molecule has 1 N–H and O–H groups in total. The van der Waals surface area contributed by atoms with Gasteiger partial charge in [-0.1, -0.05) is 5.21 Å². The largest absolute Gasteiger partial charge is 0.387 e. The van der Waals surface area contributed by atoms with Crippen molar-refractivity contribution < 1.29 is 5.11 Å². The second-order valence-electron chi connectivity index (χ2n) is 3.18. The Kier molecular flexibility index (Phi) is 2.68. The average molecular weight is 205 g/mol. The first kappa shape index (κ1) is 9.72. The summed E-state index contributed by atoms with van der Waals surface area (Å²) in [5.41, 5.74) is 0.547. The zero-order valence-corrected chi connectivity index (χ0v) is 8.28. The van der Waals surface area contributed by atoms with Crippen LogP contribution in [0.1, 0.15) is 24.5 Å². The molecule has 6 heteroatoms. The standard InChI is InChI=1S/C9H11N5O/c1-7(15)8-5-14(13-12-8)6-9-10-3-2-4-11-9/h2-5,7,15H,6H2,1H3. The van der Waals surface area contributed by atoms with Crippen molar-refractivity contribution in [1.82, 2.24) is 25.0 Å². The lowest BCUT2D eigenvalue weighted by Crippen LogP contribution is -2.04. The lowest BCUT2D eigenvalue weighted by molar-refractivity contribution is 0.194. The van der Waals surface area contributed by atoms with Crippen LogP contribution in [0.2, 0.25) is 0 Å². The van der Waals surface area contributed by atoms with Crippen molar-refractivity contribution in [2.24, 2.45) is 0 Å². The summed E-state index contributed by atoms with van der Waals surface area (Å²) in [7, 11) is 0. The van der Waals surface area contributed by atoms with Crippen LogP contribution < -0.4 is 0 Å². The molecule has 78 valence electrons. The molecule has 2 aromatic heterocycles. The summed E-state index contributed by atoms with van der Waals surface area (Å²) in [5, 5.41) is 16.9. The van der Waals surface area contributed by atoms with Crippen molar-refractivity contribution >= 4 is 0 Å². The third-order valence-electron chi connectivity index (χ3n) is 1.91. The summed E-state index contributed by atoms with van der Waals surface area (Å²) >= 11 is 0. The molecule has 0 aliphatic carbocycles. The van der Waals surface area contributed by atoms with Crippen LogP contribution in [0, 0.1) is 0 Å². The van der Waals surface area contributed by atoms with Crippen LogP contribution in [0.15, 0.2) is 24.7 Å². The molecule has 0 bridgehead atoms. The van der Waals surface area contributed by atoms with Gasteiger partial charge in [0.25, 0.3) is 0 Å². The fourth-order valence-electron chi connectivity index (χ4n) is 1.14. The summed E-state index contributed by atoms with van der Waals surface area (Å²) in [4.78, 5) is 8.13. The third-order valence-corrected chi connectivity index (χ3v) is 1.91. The second kappa shape index (κ2) is 4.14. The topological polar surface area (TPSA) is 76.7 Å². The maximum Gasteiger partial charge on any atom is 0.149 e. The molecule has 6 nitrogen and oxygen atoms in total. The van der Waals surface area contributed by atoms with Gasteiger partial charge in [-0.25, -0.2) is 14.6 Å². The zero-order chi connectivity index (χ0) is 10.7. The van der Waals surface area contributed by atoms with E-state index in [0.717, 1.165) is 0 Å². The minimum Gasteiger partial charge on any atom is -0.387 e. The van der Waals surface area contributed by atoms with Gasteiger partial charge >= 0.3 is 0 Å². The molecular weight excluding hydrogens is 194 g/mol. The van der Waals surface area contributed by atoms with Gasteiger partial charge in [0.05, 0.1) is 12.3 Å². The van der Waals surface area contributed by atoms with Crippen LogP contribution in [0.5, 0.6) is 0 Å². The number of aliphatic hydroxyl groups is 1. The maximum absolute atomic E-state index is 9.26. The molecular formula is C9H11N5O. The molecule has 1 unspecified atom stereocenters. The van der Waals surface area contributed by atoms with Crippen molar-refractivity contribution in [3.05, 3.63) is 36.2 Å². The molecule has 0 aliphatic rings. The van der Waals surface area contributed by atoms with E-state index in [1.165, 1.54) is 0 Å². The van der Waals surface area contributed by atoms with Crippen LogP contribution in [-0.2, 0) is 6.54 Å². The second-order valence-corrected chi connectivity index (χ2v) is 3.18. The smallest absolute Gasteiger partial charge is 0.149 e. The predicted octanol–water partition coefficient (Wildman–Crippen LogP) is 0.170. The lowest BCUT2D eigenvalue weighted by atomic mass is 10.3. The molecule has 15 heavy (non-hydrogen) atoms. The van der Waals surface area contributed by atoms with Crippen LogP contribution in [0.25, 0.3) is 0 Å². The van der Waals surface area contributed by atoms with Gasteiger partial charge in [-0.15, -0.1) is 5.10 Å². The van der Waals surface area contributed by atoms with E-state index in [2.05, 4.69) is 20.3 Å². The molecule has 0 aliphatic heterocycles. The van der Waals surface area contributed by atoms with E-state index in [-0.39, 0.29) is 0 Å². The molecule has 0 saturated heterocycles. The minimum atomic E-state index is -0.601. The zero-order valence-electron chi connectivity index (χ0n) is 8.28. The van der Waals surface area contributed by atoms with E-state index in [1.807, 2.05) is 0 Å². The molecule has 0 aromatic carbocycles. The Bertz CT molecular complexity index is 425. The Balaban J connectivity index is 2.12. The van der Waals surface area contributed by atoms with E-state index >= 15 is 0 Å². The molecule has 1 atom stereocenters. The predicted molar refractivity (Wildman–Crippen MR) is 51.8 cm³/mol. The Labute approximate surface area is 86.6 Å². The third kappa shape index (κ3) is 2.35. The molecule has 2 heterocycles. The van der Waals surface area contributed by atoms with Gasteiger partial charge in [-0.3, -0.25) is 0 Å². The van der Waals surface area contributed by atoms with Crippen molar-refractivity contribution in [2.75, 3.05) is 0 Å². The van der Waals surface area contributed by atoms with Gasteiger partial charge < -0.3 is 5.11 Å². The van der Waals surface area contributed by atoms with Crippen molar-refractivity contribution in [3.8, 4) is 0 Å². The van der Waals surface area contributed by atoms with E-state index in [0.29, 0.717) is 18.1 Å². The van der Waals surface area contributed by atoms with Gasteiger partial charge in [0.15, 0.2) is 0 Å². The minimum absolute atomic E-state index is 0.459. The Morgan fingerprint density at radius 3 is 2.73 bits per heavy atom. The lowest BCUT2D eigenvalue weighted by Gasteiger charge is -1.98. The van der Waals surface area contributed by atoms with Gasteiger partial charge in [-0.2, -0.15) is 0 Å². The molecule has 0 spiro atoms. The number of nitrogens with zero attached hydrogens (tertiary/aromatic N) is 5. The van der Waals surface area contributed by atoms with Gasteiger partial charge in [0, 0.05) is 12.4 Å². The van der Waals surface area contributed by atoms with E-state index in [9.17, 15) is 5.11 Å². The molecule has 2 aromatic rings. The summed E-state index contributed by atoms with van der Waals surface area (Å²) in [6.45, 7) is 2.11. The van der Waals surface area contributed by atoms with E-state index in [4.69, 9.17) is 0 Å². The van der Waals surface area contributed by atoms with E-state index < -0.39 is 6.10 Å². The van der Waals surface area contributed by atoms with Crippen LogP contribution in [0.4, 0.5) is 0 Å². The normalized spacial score (nSPS) is 12.7. The highest BCUT2D eigenvalue weighted by molar-refractivity contribution is 4.97. The van der Waals surface area contributed by atoms with Crippen molar-refractivity contribution in [3.63, 3.8) is 0 Å². The van der Waals surface area contributed by atoms with Crippen molar-refractivity contribution in [1.29, 1.82) is 0 Å². The molecule has 0 fully saturated rings. The summed E-state index contributed by atoms with van der Waals surface area (Å²) in [6.07, 6.45) is 4.43. The molecule has 0 saturated carbocycles. The molecule has 0 radical (unpaired) electrons. The SMILES string of the molecule is CC(O)c1cn(Cc2ncccn2)nn1. The summed E-state index contributed by atoms with van der Waals surface area (Å²) in [5.74, 6) is 0.666. The maximum atomic E-state index is 9.26. The number of rotatable bonds is 3. The highest BCUT2D eigenvalue weighted by atomic mass is 16.3. The first-order valence-corrected chi connectivity index (χ1v) is 4.59. The van der Waals surface area contributed by atoms with Crippen molar-refractivity contribution in [2.45, 2.75) is 19.6 Å². The fraction of sp³-hybridized carbons (Fsp3) is 0.333. The first-order chi connectivity index (χ1) is 7.25. The number of aliphatic hydroxyl groups excluding tert-OH is 1. The average Bonchev–Trinajstić information content (AvgIpc) is 2.68. The molecule has 0 amide bonds. The highest BCUT2D eigenvalue weighted by Gasteiger charge is 2.06. The number of hydrogen-bond donors (Lipinski definition) is 1. The van der Waals surface area contributed by atoms with Crippen LogP contribution in [-0.4, -0.2) is 30.1 Å². The summed E-state index contributed by atoms with van der Waals surface area (Å²) in [6, 6.07) is 1.76. The Morgan fingerprint density at radius 2 is 2.13 bits per heavy atom. The summed E-state index contributed by atoms with van der Waals surface area (Å²) < 4.78 is 1.59. The Hall–Kier alpha value is -1.82. The van der Waals surface area contributed by atoms with Gasteiger partial charge in [-0.05, 0) is 13.0 Å². The van der Waals surface area contributed by atoms with Gasteiger partial charge in [0.1, 0.15) is 18.1 Å². The van der Waals surface area contributed by atoms with Crippen LogP contribution >= 0.6 is 0 Å². The number of aromatic nitrogens is 5. The first-order valence-electron chi connectivity index (χ1n) is 4.59.